The van der Waals surface area contributed by atoms with E-state index in [9.17, 15) is 4.79 Å². The van der Waals surface area contributed by atoms with E-state index in [1.807, 2.05) is 5.06 Å². The van der Waals surface area contributed by atoms with Gasteiger partial charge in [-0.25, -0.2) is 4.79 Å². The summed E-state index contributed by atoms with van der Waals surface area (Å²) in [7, 11) is 3.46. The number of ether oxygens (including phenoxy) is 1. The molecule has 0 spiro atoms. The average Bonchev–Trinajstić information content (AvgIpc) is 2.81. The van der Waals surface area contributed by atoms with Gasteiger partial charge in [0.05, 0.1) is 12.6 Å². The van der Waals surface area contributed by atoms with Crippen LogP contribution in [-0.2, 0) is 14.4 Å². The van der Waals surface area contributed by atoms with Crippen LogP contribution in [0.1, 0.15) is 48.5 Å². The van der Waals surface area contributed by atoms with Gasteiger partial charge in [0, 0.05) is 11.0 Å². The van der Waals surface area contributed by atoms with Crippen molar-refractivity contribution < 1.29 is 14.4 Å². The molecule has 0 bridgehead atoms. The smallest absolute Gasteiger partial charge is 0.340 e. The first-order chi connectivity index (χ1) is 9.36. The lowest BCUT2D eigenvalue weighted by Gasteiger charge is -2.48. The van der Waals surface area contributed by atoms with Crippen LogP contribution in [0.15, 0.2) is 11.8 Å². The van der Waals surface area contributed by atoms with Crippen molar-refractivity contribution in [3.63, 3.8) is 0 Å². The zero-order chi connectivity index (χ0) is 16.4. The third kappa shape index (κ3) is 1.62. The van der Waals surface area contributed by atoms with E-state index in [4.69, 9.17) is 9.57 Å². The molecule has 2 rings (SSSR count). The van der Waals surface area contributed by atoms with Gasteiger partial charge in [0.25, 0.3) is 0 Å². The molecule has 2 heterocycles. The van der Waals surface area contributed by atoms with Gasteiger partial charge in [-0.3, -0.25) is 4.90 Å². The molecule has 1 atom stereocenters. The highest BCUT2D eigenvalue weighted by Gasteiger charge is 2.73. The molecule has 2 aliphatic heterocycles. The number of nitrogens with zero attached hydrogens (tertiary/aromatic N) is 2. The van der Waals surface area contributed by atoms with E-state index in [2.05, 4.69) is 60.4 Å². The summed E-state index contributed by atoms with van der Waals surface area (Å²) in [5.41, 5.74) is -0.815. The van der Waals surface area contributed by atoms with Crippen LogP contribution in [0.2, 0.25) is 0 Å². The fourth-order valence-electron chi connectivity index (χ4n) is 3.80. The van der Waals surface area contributed by atoms with Gasteiger partial charge in [0.2, 0.25) is 0 Å². The standard InChI is InChI=1S/C16H28N2O3/c1-13(2,3)16-11(12(19)20-9)10-21-18(16)15(6,7)14(4,5)17(16)8/h10H,1-9H3. The highest BCUT2D eigenvalue weighted by Crippen LogP contribution is 2.60. The number of fused-ring (bicyclic) bond motifs is 1. The van der Waals surface area contributed by atoms with Crippen LogP contribution < -0.4 is 0 Å². The molecule has 0 aromatic rings. The highest BCUT2D eigenvalue weighted by atomic mass is 16.7. The van der Waals surface area contributed by atoms with Crippen molar-refractivity contribution in [2.45, 2.75) is 65.2 Å². The molecule has 0 saturated carbocycles. The monoisotopic (exact) mass is 296 g/mol. The topological polar surface area (TPSA) is 42.0 Å². The Morgan fingerprint density at radius 2 is 1.71 bits per heavy atom. The lowest BCUT2D eigenvalue weighted by Crippen LogP contribution is -2.62. The van der Waals surface area contributed by atoms with Crippen LogP contribution in [0, 0.1) is 5.41 Å². The van der Waals surface area contributed by atoms with Crippen molar-refractivity contribution in [3.8, 4) is 0 Å². The first kappa shape index (κ1) is 16.3. The second-order valence-corrected chi connectivity index (χ2v) is 8.02. The van der Waals surface area contributed by atoms with Gasteiger partial charge in [0.1, 0.15) is 17.5 Å². The van der Waals surface area contributed by atoms with Crippen molar-refractivity contribution in [2.24, 2.45) is 5.41 Å². The zero-order valence-electron chi connectivity index (χ0n) is 14.7. The third-order valence-corrected chi connectivity index (χ3v) is 5.73. The van der Waals surface area contributed by atoms with Gasteiger partial charge in [-0.1, -0.05) is 20.8 Å². The molecule has 120 valence electrons. The molecule has 0 aliphatic carbocycles. The largest absolute Gasteiger partial charge is 0.465 e. The molecule has 0 amide bonds. The number of hydrogen-bond acceptors (Lipinski definition) is 5. The molecule has 0 aromatic carbocycles. The molecule has 0 radical (unpaired) electrons. The van der Waals surface area contributed by atoms with E-state index in [-0.39, 0.29) is 22.5 Å². The van der Waals surface area contributed by atoms with Crippen LogP contribution >= 0.6 is 0 Å². The number of carbonyl (C=O) groups excluding carboxylic acids is 1. The van der Waals surface area contributed by atoms with Crippen LogP contribution in [0.4, 0.5) is 0 Å². The van der Waals surface area contributed by atoms with Crippen molar-refractivity contribution in [2.75, 3.05) is 14.2 Å². The van der Waals surface area contributed by atoms with Crippen molar-refractivity contribution in [3.05, 3.63) is 11.8 Å². The Bertz CT molecular complexity index is 502. The Morgan fingerprint density at radius 3 is 2.14 bits per heavy atom. The first-order valence-corrected chi connectivity index (χ1v) is 7.37. The SMILES string of the molecule is COC(=O)C1=CON2C(C)(C)C(C)(C)N(C)C12C(C)(C)C. The molecule has 21 heavy (non-hydrogen) atoms. The molecule has 0 N–H and O–H groups in total. The summed E-state index contributed by atoms with van der Waals surface area (Å²) >= 11 is 0. The van der Waals surface area contributed by atoms with E-state index in [1.54, 1.807) is 6.26 Å². The highest BCUT2D eigenvalue weighted by molar-refractivity contribution is 5.91. The van der Waals surface area contributed by atoms with E-state index < -0.39 is 5.66 Å². The number of carbonyl (C=O) groups is 1. The summed E-state index contributed by atoms with van der Waals surface area (Å²) in [6.45, 7) is 15.0. The minimum atomic E-state index is -0.660. The fraction of sp³-hybridized carbons (Fsp3) is 0.812. The van der Waals surface area contributed by atoms with Gasteiger partial charge in [0.15, 0.2) is 0 Å². The van der Waals surface area contributed by atoms with E-state index in [0.717, 1.165) is 0 Å². The first-order valence-electron chi connectivity index (χ1n) is 7.37. The van der Waals surface area contributed by atoms with Gasteiger partial charge < -0.3 is 9.57 Å². The van der Waals surface area contributed by atoms with Gasteiger partial charge in [-0.15, -0.1) is 5.06 Å². The summed E-state index contributed by atoms with van der Waals surface area (Å²) in [4.78, 5) is 20.5. The van der Waals surface area contributed by atoms with Crippen molar-refractivity contribution in [1.29, 1.82) is 0 Å². The number of likely N-dealkylation sites (N-methyl/N-ethyl adjacent to an activating group) is 1. The Balaban J connectivity index is 2.74. The van der Waals surface area contributed by atoms with E-state index >= 15 is 0 Å². The molecule has 1 saturated heterocycles. The number of esters is 1. The number of rotatable bonds is 1. The van der Waals surface area contributed by atoms with Crippen LogP contribution in [-0.4, -0.2) is 46.8 Å². The second-order valence-electron chi connectivity index (χ2n) is 8.02. The Hall–Kier alpha value is -1.07. The lowest BCUT2D eigenvalue weighted by atomic mass is 9.75. The minimum Gasteiger partial charge on any atom is -0.465 e. The van der Waals surface area contributed by atoms with Gasteiger partial charge in [-0.05, 0) is 34.7 Å². The minimum absolute atomic E-state index is 0.187. The molecule has 5 heteroatoms. The maximum atomic E-state index is 12.4. The molecule has 5 nitrogen and oxygen atoms in total. The average molecular weight is 296 g/mol. The predicted octanol–water partition coefficient (Wildman–Crippen LogP) is 2.54. The molecule has 2 aliphatic rings. The van der Waals surface area contributed by atoms with E-state index in [1.165, 1.54) is 7.11 Å². The maximum Gasteiger partial charge on any atom is 0.340 e. The van der Waals surface area contributed by atoms with Gasteiger partial charge in [-0.2, -0.15) is 0 Å². The Labute approximate surface area is 127 Å². The third-order valence-electron chi connectivity index (χ3n) is 5.73. The molecule has 1 fully saturated rings. The lowest BCUT2D eigenvalue weighted by molar-refractivity contribution is -0.220. The predicted molar refractivity (Wildman–Crippen MR) is 81.1 cm³/mol. The molecular weight excluding hydrogens is 268 g/mol. The number of hydroxylamine groups is 2. The van der Waals surface area contributed by atoms with Crippen molar-refractivity contribution >= 4 is 5.97 Å². The second kappa shape index (κ2) is 4.23. The summed E-state index contributed by atoms with van der Waals surface area (Å²) in [6.07, 6.45) is 1.55. The summed E-state index contributed by atoms with van der Waals surface area (Å²) in [5, 5.41) is 1.96. The molecule has 1 unspecified atom stereocenters. The number of methoxy groups -OCH3 is 1. The number of hydrogen-bond donors (Lipinski definition) is 0. The van der Waals surface area contributed by atoms with Gasteiger partial charge >= 0.3 is 5.97 Å². The van der Waals surface area contributed by atoms with Crippen LogP contribution in [0.5, 0.6) is 0 Å². The molecule has 0 aromatic heterocycles. The molecular formula is C16H28N2O3. The fourth-order valence-corrected chi connectivity index (χ4v) is 3.80. The van der Waals surface area contributed by atoms with Crippen molar-refractivity contribution in [1.82, 2.24) is 9.96 Å². The van der Waals surface area contributed by atoms with E-state index in [0.29, 0.717) is 5.57 Å². The normalized spacial score (nSPS) is 31.6. The Kier molecular flexibility index (Phi) is 3.28. The van der Waals surface area contributed by atoms with Crippen LogP contribution in [0.25, 0.3) is 0 Å². The Morgan fingerprint density at radius 1 is 1.19 bits per heavy atom. The summed E-state index contributed by atoms with van der Waals surface area (Å²) in [5.74, 6) is -0.340. The summed E-state index contributed by atoms with van der Waals surface area (Å²) < 4.78 is 5.01. The zero-order valence-corrected chi connectivity index (χ0v) is 14.7. The maximum absolute atomic E-state index is 12.4. The summed E-state index contributed by atoms with van der Waals surface area (Å²) in [6, 6.07) is 0. The van der Waals surface area contributed by atoms with Crippen LogP contribution in [0.3, 0.4) is 0 Å². The quantitative estimate of drug-likeness (QED) is 0.696.